The Morgan fingerprint density at radius 3 is 2.44 bits per heavy atom. The van der Waals surface area contributed by atoms with Crippen LogP contribution in [0.3, 0.4) is 0 Å². The highest BCUT2D eigenvalue weighted by Gasteiger charge is 2.22. The minimum atomic E-state index is -0.206. The van der Waals surface area contributed by atoms with E-state index in [-0.39, 0.29) is 11.2 Å². The number of anilines is 1. The van der Waals surface area contributed by atoms with Gasteiger partial charge in [-0.3, -0.25) is 5.10 Å². The maximum atomic E-state index is 10.4. The van der Waals surface area contributed by atoms with Crippen LogP contribution < -0.4 is 5.73 Å². The molecule has 0 spiro atoms. The quantitative estimate of drug-likeness (QED) is 0.740. The van der Waals surface area contributed by atoms with Crippen LogP contribution in [0, 0.1) is 0 Å². The van der Waals surface area contributed by atoms with Gasteiger partial charge in [0, 0.05) is 21.7 Å². The van der Waals surface area contributed by atoms with Crippen LogP contribution in [0.4, 0.5) is 5.82 Å². The number of aromatic hydroxyl groups is 1. The van der Waals surface area contributed by atoms with E-state index in [1.54, 1.807) is 18.3 Å². The Morgan fingerprint density at radius 2 is 1.94 bits per heavy atom. The monoisotopic (exact) mass is 265 g/mol. The lowest BCUT2D eigenvalue weighted by atomic mass is 9.84. The number of nitrogens with zero attached hydrogens (tertiary/aromatic N) is 1. The number of phenols is 1. The molecule has 0 radical (unpaired) electrons. The molecule has 0 aliphatic rings. The number of nitrogens with one attached hydrogen (secondary N) is 1. The molecule has 0 unspecified atom stereocenters. The molecule has 0 fully saturated rings. The molecule has 0 saturated carbocycles. The number of hydrogen-bond acceptors (Lipinski definition) is 3. The molecule has 5 heteroatoms. The van der Waals surface area contributed by atoms with Crippen LogP contribution in [0.15, 0.2) is 18.3 Å². The van der Waals surface area contributed by atoms with Crippen LogP contribution in [-0.2, 0) is 5.41 Å². The van der Waals surface area contributed by atoms with E-state index in [9.17, 15) is 5.11 Å². The Hall–Kier alpha value is -1.68. The summed E-state index contributed by atoms with van der Waals surface area (Å²) < 4.78 is 0. The molecule has 0 saturated heterocycles. The molecule has 0 bridgehead atoms. The molecule has 1 heterocycles. The SMILES string of the molecule is CC(C)(C)c1cc(Cl)cc(-c2cn[nH]c2N)c1O. The second kappa shape index (κ2) is 4.21. The number of benzene rings is 1. The number of nitrogen functional groups attached to an aromatic ring is 1. The molecular weight excluding hydrogens is 250 g/mol. The fraction of sp³-hybridized carbons (Fsp3) is 0.308. The molecule has 0 amide bonds. The van der Waals surface area contributed by atoms with E-state index < -0.39 is 0 Å². The molecule has 4 N–H and O–H groups in total. The van der Waals surface area contributed by atoms with Crippen LogP contribution in [0.5, 0.6) is 5.75 Å². The number of H-pyrrole nitrogens is 1. The lowest BCUT2D eigenvalue weighted by molar-refractivity contribution is 0.448. The summed E-state index contributed by atoms with van der Waals surface area (Å²) in [7, 11) is 0. The Labute approximate surface area is 111 Å². The fourth-order valence-electron chi connectivity index (χ4n) is 1.89. The van der Waals surface area contributed by atoms with Gasteiger partial charge in [-0.15, -0.1) is 0 Å². The number of phenolic OH excluding ortho intramolecular Hbond substituents is 1. The summed E-state index contributed by atoms with van der Waals surface area (Å²) in [6.45, 7) is 6.04. The molecule has 0 aliphatic carbocycles. The van der Waals surface area contributed by atoms with Gasteiger partial charge < -0.3 is 10.8 Å². The van der Waals surface area contributed by atoms with Crippen molar-refractivity contribution in [2.45, 2.75) is 26.2 Å². The van der Waals surface area contributed by atoms with Gasteiger partial charge in [0.2, 0.25) is 0 Å². The Balaban J connectivity index is 2.70. The summed E-state index contributed by atoms with van der Waals surface area (Å²) in [5, 5.41) is 17.5. The minimum Gasteiger partial charge on any atom is -0.507 e. The predicted octanol–water partition coefficient (Wildman–Crippen LogP) is 3.32. The number of hydrogen-bond donors (Lipinski definition) is 3. The first-order chi connectivity index (χ1) is 8.30. The van der Waals surface area contributed by atoms with Crippen molar-refractivity contribution in [3.05, 3.63) is 28.9 Å². The molecule has 0 atom stereocenters. The van der Waals surface area contributed by atoms with E-state index in [1.807, 2.05) is 20.8 Å². The molecule has 0 aliphatic heterocycles. The first kappa shape index (κ1) is 12.8. The molecule has 2 aromatic rings. The summed E-state index contributed by atoms with van der Waals surface area (Å²) >= 11 is 6.11. The average molecular weight is 266 g/mol. The van der Waals surface area contributed by atoms with Gasteiger partial charge in [0.05, 0.1) is 6.20 Å². The zero-order valence-corrected chi connectivity index (χ0v) is 11.3. The molecule has 18 heavy (non-hydrogen) atoms. The summed E-state index contributed by atoms with van der Waals surface area (Å²) in [6.07, 6.45) is 1.58. The number of rotatable bonds is 1. The van der Waals surface area contributed by atoms with Crippen molar-refractivity contribution in [1.29, 1.82) is 0 Å². The third-order valence-electron chi connectivity index (χ3n) is 2.84. The molecule has 2 rings (SSSR count). The van der Waals surface area contributed by atoms with E-state index in [4.69, 9.17) is 17.3 Å². The van der Waals surface area contributed by atoms with Gasteiger partial charge in [-0.25, -0.2) is 0 Å². The van der Waals surface area contributed by atoms with Crippen molar-refractivity contribution in [3.8, 4) is 16.9 Å². The first-order valence-electron chi connectivity index (χ1n) is 5.63. The lowest BCUT2D eigenvalue weighted by Crippen LogP contribution is -2.11. The number of aromatic amines is 1. The highest BCUT2D eigenvalue weighted by atomic mass is 35.5. The van der Waals surface area contributed by atoms with Gasteiger partial charge in [0.15, 0.2) is 0 Å². The van der Waals surface area contributed by atoms with Crippen molar-refractivity contribution in [2.75, 3.05) is 5.73 Å². The maximum absolute atomic E-state index is 10.4. The van der Waals surface area contributed by atoms with Crippen LogP contribution in [-0.4, -0.2) is 15.3 Å². The largest absolute Gasteiger partial charge is 0.507 e. The zero-order valence-electron chi connectivity index (χ0n) is 10.6. The Morgan fingerprint density at radius 1 is 1.28 bits per heavy atom. The Kier molecular flexibility index (Phi) is 2.99. The molecule has 4 nitrogen and oxygen atoms in total. The average Bonchev–Trinajstić information content (AvgIpc) is 2.66. The molecule has 1 aromatic heterocycles. The number of nitrogens with two attached hydrogens (primary N) is 1. The maximum Gasteiger partial charge on any atom is 0.127 e. The van der Waals surface area contributed by atoms with Crippen molar-refractivity contribution >= 4 is 17.4 Å². The summed E-state index contributed by atoms with van der Waals surface area (Å²) in [5.74, 6) is 0.604. The fourth-order valence-corrected chi connectivity index (χ4v) is 2.11. The van der Waals surface area contributed by atoms with E-state index in [0.717, 1.165) is 5.56 Å². The van der Waals surface area contributed by atoms with E-state index >= 15 is 0 Å². The van der Waals surface area contributed by atoms with Crippen LogP contribution in [0.25, 0.3) is 11.1 Å². The second-order valence-corrected chi connectivity index (χ2v) is 5.73. The first-order valence-corrected chi connectivity index (χ1v) is 6.00. The van der Waals surface area contributed by atoms with Gasteiger partial charge in [-0.1, -0.05) is 32.4 Å². The van der Waals surface area contributed by atoms with Crippen molar-refractivity contribution < 1.29 is 5.11 Å². The van der Waals surface area contributed by atoms with Gasteiger partial charge in [0.1, 0.15) is 11.6 Å². The van der Waals surface area contributed by atoms with Gasteiger partial charge >= 0.3 is 0 Å². The summed E-state index contributed by atoms with van der Waals surface area (Å²) in [6, 6.07) is 3.46. The van der Waals surface area contributed by atoms with Crippen molar-refractivity contribution in [3.63, 3.8) is 0 Å². The third-order valence-corrected chi connectivity index (χ3v) is 3.06. The highest BCUT2D eigenvalue weighted by molar-refractivity contribution is 6.31. The predicted molar refractivity (Wildman–Crippen MR) is 73.8 cm³/mol. The van der Waals surface area contributed by atoms with Crippen LogP contribution >= 0.6 is 11.6 Å². The smallest absolute Gasteiger partial charge is 0.127 e. The van der Waals surface area contributed by atoms with Gasteiger partial charge in [-0.2, -0.15) is 5.10 Å². The normalized spacial score (nSPS) is 11.8. The number of halogens is 1. The summed E-state index contributed by atoms with van der Waals surface area (Å²) in [5.41, 5.74) is 7.60. The zero-order chi connectivity index (χ0) is 13.5. The van der Waals surface area contributed by atoms with Crippen LogP contribution in [0.1, 0.15) is 26.3 Å². The van der Waals surface area contributed by atoms with Crippen molar-refractivity contribution in [2.24, 2.45) is 0 Å². The molecule has 1 aromatic carbocycles. The Bertz CT molecular complexity index is 584. The molecular formula is C13H16ClN3O. The van der Waals surface area contributed by atoms with Crippen molar-refractivity contribution in [1.82, 2.24) is 10.2 Å². The third kappa shape index (κ3) is 2.16. The lowest BCUT2D eigenvalue weighted by Gasteiger charge is -2.22. The van der Waals surface area contributed by atoms with E-state index in [1.165, 1.54) is 0 Å². The second-order valence-electron chi connectivity index (χ2n) is 5.30. The van der Waals surface area contributed by atoms with Gasteiger partial charge in [0.25, 0.3) is 0 Å². The topological polar surface area (TPSA) is 74.9 Å². The standard InChI is InChI=1S/C13H16ClN3O/c1-13(2,3)10-5-7(14)4-8(11(10)18)9-6-16-17-12(9)15/h4-6,18H,1-3H3,(H3,15,16,17). The summed E-state index contributed by atoms with van der Waals surface area (Å²) in [4.78, 5) is 0. The molecule has 96 valence electrons. The van der Waals surface area contributed by atoms with E-state index in [0.29, 0.717) is 22.0 Å². The van der Waals surface area contributed by atoms with E-state index in [2.05, 4.69) is 10.2 Å². The van der Waals surface area contributed by atoms with Gasteiger partial charge in [-0.05, 0) is 17.5 Å². The van der Waals surface area contributed by atoms with Crippen LogP contribution in [0.2, 0.25) is 5.02 Å². The highest BCUT2D eigenvalue weighted by Crippen LogP contribution is 2.41. The minimum absolute atomic E-state index is 0.194. The number of aromatic nitrogens is 2.